The quantitative estimate of drug-likeness (QED) is 0.506. The third-order valence-electron chi connectivity index (χ3n) is 3.44. The Kier molecular flexibility index (Phi) is 3.90. The third-order valence-corrected chi connectivity index (χ3v) is 3.44. The van der Waals surface area contributed by atoms with Crippen LogP contribution in [-0.4, -0.2) is 26.6 Å². The van der Waals surface area contributed by atoms with Gasteiger partial charge in [-0.15, -0.1) is 0 Å². The Morgan fingerprint density at radius 2 is 2.17 bits per heavy atom. The van der Waals surface area contributed by atoms with Crippen molar-refractivity contribution in [3.05, 3.63) is 52.2 Å². The van der Waals surface area contributed by atoms with Gasteiger partial charge < -0.3 is 15.6 Å². The van der Waals surface area contributed by atoms with Crippen LogP contribution in [0.2, 0.25) is 0 Å². The van der Waals surface area contributed by atoms with Crippen LogP contribution >= 0.6 is 0 Å². The minimum absolute atomic E-state index is 0.0430. The van der Waals surface area contributed by atoms with Crippen LogP contribution in [0.3, 0.4) is 0 Å². The van der Waals surface area contributed by atoms with Crippen molar-refractivity contribution >= 4 is 11.5 Å². The highest BCUT2D eigenvalue weighted by Gasteiger charge is 2.30. The molecule has 1 atom stereocenters. The number of hydrogen-bond donors (Lipinski definition) is 2. The van der Waals surface area contributed by atoms with E-state index >= 15 is 0 Å². The van der Waals surface area contributed by atoms with Crippen molar-refractivity contribution in [2.24, 2.45) is 0 Å². The predicted octanol–water partition coefficient (Wildman–Crippen LogP) is 2.36. The van der Waals surface area contributed by atoms with Crippen LogP contribution < -0.4 is 5.73 Å². The topological polar surface area (TPSA) is 124 Å². The molecule has 8 nitrogen and oxygen atoms in total. The summed E-state index contributed by atoms with van der Waals surface area (Å²) in [6.45, 7) is 0.354. The fraction of sp³-hybridized carbons (Fsp3) is 0.200. The lowest BCUT2D eigenvalue weighted by molar-refractivity contribution is -0.385. The van der Waals surface area contributed by atoms with E-state index in [0.717, 1.165) is 0 Å². The summed E-state index contributed by atoms with van der Waals surface area (Å²) in [5, 5.41) is 20.9. The molecule has 1 aromatic heterocycles. The summed E-state index contributed by atoms with van der Waals surface area (Å²) in [6.07, 6.45) is 3.63. The Balaban J connectivity index is 2.15. The number of benzene rings is 1. The number of phenols is 1. The van der Waals surface area contributed by atoms with E-state index in [9.17, 15) is 15.2 Å². The van der Waals surface area contributed by atoms with Gasteiger partial charge in [-0.25, -0.2) is 9.97 Å². The fourth-order valence-corrected chi connectivity index (χ4v) is 2.39. The van der Waals surface area contributed by atoms with Crippen LogP contribution in [0.4, 0.5) is 11.5 Å². The summed E-state index contributed by atoms with van der Waals surface area (Å²) < 4.78 is 5.54. The molecule has 0 radical (unpaired) electrons. The number of rotatable bonds is 3. The van der Waals surface area contributed by atoms with Crippen molar-refractivity contribution in [3.63, 3.8) is 0 Å². The van der Waals surface area contributed by atoms with E-state index in [1.165, 1.54) is 12.1 Å². The molecule has 0 saturated carbocycles. The largest absolute Gasteiger partial charge is 0.508 e. The summed E-state index contributed by atoms with van der Waals surface area (Å²) in [5.74, 6) is 0.0232. The van der Waals surface area contributed by atoms with Gasteiger partial charge in [-0.3, -0.25) is 10.1 Å². The lowest BCUT2D eigenvalue weighted by atomic mass is 10.1. The van der Waals surface area contributed by atoms with E-state index in [1.54, 1.807) is 12.1 Å². The summed E-state index contributed by atoms with van der Waals surface area (Å²) in [4.78, 5) is 19.0. The number of anilines is 1. The molecule has 23 heavy (non-hydrogen) atoms. The number of nitrogen functional groups attached to an aromatic ring is 1. The second-order valence-corrected chi connectivity index (χ2v) is 5.00. The number of nitrogens with zero attached hydrogens (tertiary/aromatic N) is 3. The van der Waals surface area contributed by atoms with Crippen LogP contribution in [-0.2, 0) is 4.74 Å². The number of aromatic nitrogens is 2. The molecule has 0 fully saturated rings. The zero-order valence-electron chi connectivity index (χ0n) is 12.0. The highest BCUT2D eigenvalue weighted by atomic mass is 16.6. The zero-order valence-corrected chi connectivity index (χ0v) is 12.0. The minimum atomic E-state index is -0.599. The number of hydrogen-bond acceptors (Lipinski definition) is 7. The van der Waals surface area contributed by atoms with Crippen molar-refractivity contribution in [1.82, 2.24) is 9.97 Å². The number of nitrogens with two attached hydrogens (primary N) is 1. The molecule has 3 rings (SSSR count). The van der Waals surface area contributed by atoms with E-state index in [2.05, 4.69) is 9.97 Å². The van der Waals surface area contributed by atoms with Crippen LogP contribution in [0.1, 0.15) is 18.2 Å². The highest BCUT2D eigenvalue weighted by molar-refractivity contribution is 5.65. The normalized spacial score (nSPS) is 17.1. The first-order valence-corrected chi connectivity index (χ1v) is 6.94. The second-order valence-electron chi connectivity index (χ2n) is 5.00. The van der Waals surface area contributed by atoms with E-state index in [0.29, 0.717) is 18.6 Å². The van der Waals surface area contributed by atoms with Gasteiger partial charge in [0.2, 0.25) is 5.82 Å². The average molecular weight is 314 g/mol. The zero-order chi connectivity index (χ0) is 16.4. The van der Waals surface area contributed by atoms with E-state index in [4.69, 9.17) is 10.5 Å². The molecule has 2 heterocycles. The van der Waals surface area contributed by atoms with Gasteiger partial charge in [0.1, 0.15) is 11.9 Å². The van der Waals surface area contributed by atoms with Crippen molar-refractivity contribution in [3.8, 4) is 17.1 Å². The van der Waals surface area contributed by atoms with Crippen molar-refractivity contribution < 1.29 is 14.8 Å². The lowest BCUT2D eigenvalue weighted by Gasteiger charge is -2.19. The van der Waals surface area contributed by atoms with Crippen molar-refractivity contribution in [2.75, 3.05) is 12.3 Å². The maximum Gasteiger partial charge on any atom is 0.335 e. The molecule has 118 valence electrons. The SMILES string of the molecule is Nc1nc(-c2cccc(O)c2)nc(C2CC=CCO2)c1[N+](=O)[O-]. The molecule has 1 aliphatic rings. The van der Waals surface area contributed by atoms with Crippen molar-refractivity contribution in [1.29, 1.82) is 0 Å². The van der Waals surface area contributed by atoms with Crippen LogP contribution in [0.5, 0.6) is 5.75 Å². The summed E-state index contributed by atoms with van der Waals surface area (Å²) in [7, 11) is 0. The molecule has 3 N–H and O–H groups in total. The molecule has 2 aromatic rings. The Bertz CT molecular complexity index is 791. The van der Waals surface area contributed by atoms with Gasteiger partial charge in [0.15, 0.2) is 11.5 Å². The standard InChI is InChI=1S/C15H14N4O4/c16-14-13(19(21)22)12(11-6-1-2-7-23-11)17-15(18-14)9-4-3-5-10(20)8-9/h1-5,8,11,20H,6-7H2,(H2,16,17,18). The third kappa shape index (κ3) is 2.97. The Morgan fingerprint density at radius 3 is 2.83 bits per heavy atom. The van der Waals surface area contributed by atoms with Crippen LogP contribution in [0, 0.1) is 10.1 Å². The second kappa shape index (κ2) is 6.01. The highest BCUT2D eigenvalue weighted by Crippen LogP contribution is 2.35. The number of phenolic OH excluding ortho intramolecular Hbond substituents is 1. The monoisotopic (exact) mass is 314 g/mol. The predicted molar refractivity (Wildman–Crippen MR) is 82.6 cm³/mol. The van der Waals surface area contributed by atoms with Crippen LogP contribution in [0.25, 0.3) is 11.4 Å². The number of aromatic hydroxyl groups is 1. The van der Waals surface area contributed by atoms with Gasteiger partial charge in [0, 0.05) is 5.56 Å². The molecular formula is C15H14N4O4. The molecule has 8 heteroatoms. The lowest BCUT2D eigenvalue weighted by Crippen LogP contribution is -2.15. The van der Waals surface area contributed by atoms with Gasteiger partial charge in [-0.1, -0.05) is 24.3 Å². The number of ether oxygens (including phenoxy) is 1. The van der Waals surface area contributed by atoms with E-state index in [-0.39, 0.29) is 28.8 Å². The van der Waals surface area contributed by atoms with E-state index < -0.39 is 11.0 Å². The Hall–Kier alpha value is -3.00. The van der Waals surface area contributed by atoms with Gasteiger partial charge in [-0.2, -0.15) is 0 Å². The fourth-order valence-electron chi connectivity index (χ4n) is 2.39. The van der Waals surface area contributed by atoms with E-state index in [1.807, 2.05) is 12.2 Å². The molecule has 0 saturated heterocycles. The first-order chi connectivity index (χ1) is 11.1. The molecule has 0 aliphatic carbocycles. The summed E-state index contributed by atoms with van der Waals surface area (Å²) in [6, 6.07) is 6.29. The van der Waals surface area contributed by atoms with Crippen molar-refractivity contribution in [2.45, 2.75) is 12.5 Å². The molecule has 1 aromatic carbocycles. The maximum absolute atomic E-state index is 11.3. The molecule has 0 amide bonds. The maximum atomic E-state index is 11.3. The Labute approximate surface area is 131 Å². The van der Waals surface area contributed by atoms with Crippen LogP contribution in [0.15, 0.2) is 36.4 Å². The van der Waals surface area contributed by atoms with Gasteiger partial charge in [0.05, 0.1) is 11.5 Å². The molecule has 1 unspecified atom stereocenters. The summed E-state index contributed by atoms with van der Waals surface area (Å²) in [5.41, 5.74) is 6.09. The first kappa shape index (κ1) is 14.9. The summed E-state index contributed by atoms with van der Waals surface area (Å²) >= 11 is 0. The molecule has 0 spiro atoms. The average Bonchev–Trinajstić information content (AvgIpc) is 2.54. The molecule has 1 aliphatic heterocycles. The van der Waals surface area contributed by atoms with Gasteiger partial charge in [-0.05, 0) is 18.6 Å². The van der Waals surface area contributed by atoms with Gasteiger partial charge in [0.25, 0.3) is 0 Å². The smallest absolute Gasteiger partial charge is 0.335 e. The minimum Gasteiger partial charge on any atom is -0.508 e. The first-order valence-electron chi connectivity index (χ1n) is 6.94. The Morgan fingerprint density at radius 1 is 1.35 bits per heavy atom. The van der Waals surface area contributed by atoms with Gasteiger partial charge >= 0.3 is 5.69 Å². The number of nitro groups is 1. The molecule has 0 bridgehead atoms. The molecular weight excluding hydrogens is 300 g/mol.